The Morgan fingerprint density at radius 3 is 2.49 bits per heavy atom. The van der Waals surface area contributed by atoms with E-state index < -0.39 is 23.5 Å². The molecule has 2 aromatic heterocycles. The quantitative estimate of drug-likeness (QED) is 0.145. The van der Waals surface area contributed by atoms with E-state index in [0.717, 1.165) is 47.8 Å². The molecule has 1 aliphatic rings. The number of nitrogens with one attached hydrogen (secondary N) is 2. The summed E-state index contributed by atoms with van der Waals surface area (Å²) in [6, 6.07) is 9.87. The van der Waals surface area contributed by atoms with Crippen molar-refractivity contribution in [2.75, 3.05) is 6.54 Å². The van der Waals surface area contributed by atoms with Gasteiger partial charge in [-0.15, -0.1) is 0 Å². The van der Waals surface area contributed by atoms with Crippen molar-refractivity contribution in [1.29, 1.82) is 0 Å². The molecule has 0 radical (unpaired) electrons. The van der Waals surface area contributed by atoms with Crippen LogP contribution in [0.2, 0.25) is 5.02 Å². The number of amides is 2. The number of aliphatic carboxylic acids is 1. The lowest BCUT2D eigenvalue weighted by atomic mass is 9.94. The number of unbranched alkanes of at least 4 members (excludes halogenated alkanes) is 2. The summed E-state index contributed by atoms with van der Waals surface area (Å²) < 4.78 is 11.7. The van der Waals surface area contributed by atoms with Crippen LogP contribution in [0.15, 0.2) is 50.0 Å². The minimum absolute atomic E-state index is 0.0839. The van der Waals surface area contributed by atoms with Gasteiger partial charge in [-0.2, -0.15) is 0 Å². The highest BCUT2D eigenvalue weighted by atomic mass is 35.5. The van der Waals surface area contributed by atoms with Crippen molar-refractivity contribution >= 4 is 51.3 Å². The lowest BCUT2D eigenvalue weighted by molar-refractivity contribution is -0.137. The number of halogens is 1. The Labute approximate surface area is 253 Å². The average molecular weight is 607 g/mol. The van der Waals surface area contributed by atoms with Gasteiger partial charge in [0.05, 0.1) is 12.0 Å². The highest BCUT2D eigenvalue weighted by Crippen LogP contribution is 2.35. The number of carboxylic acid groups (broad SMARTS) is 1. The molecule has 0 saturated heterocycles. The van der Waals surface area contributed by atoms with E-state index in [0.29, 0.717) is 47.6 Å². The van der Waals surface area contributed by atoms with Crippen LogP contribution in [0.25, 0.3) is 21.9 Å². The maximum absolute atomic E-state index is 13.3. The molecule has 43 heavy (non-hydrogen) atoms. The largest absolute Gasteiger partial charge is 0.481 e. The van der Waals surface area contributed by atoms with E-state index in [1.54, 1.807) is 30.3 Å². The Bertz CT molecular complexity index is 1720. The maximum atomic E-state index is 13.3. The first kappa shape index (κ1) is 30.4. The highest BCUT2D eigenvalue weighted by Gasteiger charge is 2.24. The molecular weight excluding hydrogens is 572 g/mol. The summed E-state index contributed by atoms with van der Waals surface area (Å²) in [7, 11) is 0. The Balaban J connectivity index is 1.32. The standard InChI is InChI=1S/C33H35ClN2O7/c1-19-23-16-25-22-7-4-5-8-27(22)42-29(25)18-28(23)43-33(41)24(19)17-30(37)36-26(15-20-10-12-21(34)13-11-20)32(40)35-14-6-2-3-9-31(38)39/h10-13,16,18,26H,2-9,14-15,17H2,1H3,(H,35,40)(H,36,37)(H,38,39)/t26-/m1/s1. The summed E-state index contributed by atoms with van der Waals surface area (Å²) in [5.41, 5.74) is 3.42. The lowest BCUT2D eigenvalue weighted by Gasteiger charge is -2.19. The fraction of sp³-hybridized carbons (Fsp3) is 0.394. The molecule has 9 nitrogen and oxygen atoms in total. The lowest BCUT2D eigenvalue weighted by Crippen LogP contribution is -2.49. The van der Waals surface area contributed by atoms with E-state index >= 15 is 0 Å². The van der Waals surface area contributed by atoms with Gasteiger partial charge in [0.2, 0.25) is 11.8 Å². The number of carbonyl (C=O) groups excluding carboxylic acids is 2. The van der Waals surface area contributed by atoms with Gasteiger partial charge >= 0.3 is 11.6 Å². The van der Waals surface area contributed by atoms with E-state index in [2.05, 4.69) is 10.6 Å². The van der Waals surface area contributed by atoms with Gasteiger partial charge in [-0.1, -0.05) is 30.2 Å². The van der Waals surface area contributed by atoms with Gasteiger partial charge in [0.1, 0.15) is 23.0 Å². The zero-order valence-corrected chi connectivity index (χ0v) is 24.9. The van der Waals surface area contributed by atoms with Crippen molar-refractivity contribution in [1.82, 2.24) is 10.6 Å². The van der Waals surface area contributed by atoms with E-state index in [1.807, 2.05) is 13.0 Å². The predicted octanol–water partition coefficient (Wildman–Crippen LogP) is 5.41. The van der Waals surface area contributed by atoms with Crippen LogP contribution in [0.5, 0.6) is 0 Å². The first-order valence-electron chi connectivity index (χ1n) is 14.7. The van der Waals surface area contributed by atoms with Gasteiger partial charge in [-0.05, 0) is 68.4 Å². The smallest absolute Gasteiger partial charge is 0.340 e. The summed E-state index contributed by atoms with van der Waals surface area (Å²) in [6.07, 6.45) is 5.89. The molecule has 226 valence electrons. The van der Waals surface area contributed by atoms with Crippen LogP contribution in [0, 0.1) is 6.92 Å². The maximum Gasteiger partial charge on any atom is 0.340 e. The zero-order valence-electron chi connectivity index (χ0n) is 24.1. The molecule has 2 aromatic carbocycles. The fourth-order valence-electron chi connectivity index (χ4n) is 5.73. The van der Waals surface area contributed by atoms with Crippen molar-refractivity contribution in [3.8, 4) is 0 Å². The molecule has 0 unspecified atom stereocenters. The monoisotopic (exact) mass is 606 g/mol. The van der Waals surface area contributed by atoms with Gasteiger partial charge in [0.25, 0.3) is 0 Å². The van der Waals surface area contributed by atoms with Crippen LogP contribution in [0.3, 0.4) is 0 Å². The van der Waals surface area contributed by atoms with Crippen LogP contribution in [-0.2, 0) is 40.1 Å². The minimum Gasteiger partial charge on any atom is -0.481 e. The molecule has 0 aliphatic heterocycles. The first-order chi connectivity index (χ1) is 20.7. The van der Waals surface area contributed by atoms with Crippen molar-refractivity contribution in [3.63, 3.8) is 0 Å². The third-order valence-electron chi connectivity index (χ3n) is 8.07. The molecule has 5 rings (SSSR count). The second-order valence-electron chi connectivity index (χ2n) is 11.2. The molecule has 0 saturated carbocycles. The molecule has 0 fully saturated rings. The predicted molar refractivity (Wildman–Crippen MR) is 164 cm³/mol. The van der Waals surface area contributed by atoms with Crippen molar-refractivity contribution < 1.29 is 28.3 Å². The summed E-state index contributed by atoms with van der Waals surface area (Å²) >= 11 is 6.02. The van der Waals surface area contributed by atoms with Crippen LogP contribution < -0.4 is 16.3 Å². The van der Waals surface area contributed by atoms with E-state index in [4.69, 9.17) is 25.5 Å². The SMILES string of the molecule is Cc1c(CC(=O)N[C@H](Cc2ccc(Cl)cc2)C(=O)NCCCCCC(=O)O)c(=O)oc2cc3oc4c(c3cc12)CCCC4. The molecule has 1 aliphatic carbocycles. The minimum atomic E-state index is -0.891. The second kappa shape index (κ2) is 13.5. The van der Waals surface area contributed by atoms with Crippen LogP contribution in [0.4, 0.5) is 0 Å². The summed E-state index contributed by atoms with van der Waals surface area (Å²) in [6.45, 7) is 2.16. The average Bonchev–Trinajstić information content (AvgIpc) is 3.34. The van der Waals surface area contributed by atoms with E-state index in [9.17, 15) is 19.2 Å². The summed E-state index contributed by atoms with van der Waals surface area (Å²) in [4.78, 5) is 50.2. The third kappa shape index (κ3) is 7.28. The number of rotatable bonds is 12. The molecule has 2 heterocycles. The number of furan rings is 1. The normalized spacial score (nSPS) is 13.5. The van der Waals surface area contributed by atoms with Crippen molar-refractivity contribution in [2.24, 2.45) is 0 Å². The number of hydrogen-bond donors (Lipinski definition) is 3. The van der Waals surface area contributed by atoms with Gasteiger partial charge in [0.15, 0.2) is 0 Å². The van der Waals surface area contributed by atoms with Gasteiger partial charge in [-0.25, -0.2) is 4.79 Å². The van der Waals surface area contributed by atoms with E-state index in [1.165, 1.54) is 5.56 Å². The van der Waals surface area contributed by atoms with Crippen molar-refractivity contribution in [2.45, 2.75) is 77.2 Å². The number of benzene rings is 2. The molecule has 1 atom stereocenters. The number of carbonyl (C=O) groups is 3. The Morgan fingerprint density at radius 1 is 0.977 bits per heavy atom. The van der Waals surface area contributed by atoms with Gasteiger partial charge < -0.3 is 24.6 Å². The summed E-state index contributed by atoms with van der Waals surface area (Å²) in [5, 5.41) is 16.8. The fourth-order valence-corrected chi connectivity index (χ4v) is 5.86. The molecule has 10 heteroatoms. The van der Waals surface area contributed by atoms with E-state index in [-0.39, 0.29) is 30.7 Å². The van der Waals surface area contributed by atoms with Crippen LogP contribution >= 0.6 is 11.6 Å². The molecule has 3 N–H and O–H groups in total. The van der Waals surface area contributed by atoms with Crippen LogP contribution in [0.1, 0.15) is 66.5 Å². The molecule has 0 bridgehead atoms. The topological polar surface area (TPSA) is 139 Å². The van der Waals surface area contributed by atoms with Gasteiger partial charge in [0, 0.05) is 53.2 Å². The number of aryl methyl sites for hydroxylation is 3. The zero-order chi connectivity index (χ0) is 30.5. The second-order valence-corrected chi connectivity index (χ2v) is 11.6. The van der Waals surface area contributed by atoms with Gasteiger partial charge in [-0.3, -0.25) is 14.4 Å². The molecule has 4 aromatic rings. The number of carboxylic acids is 1. The number of fused-ring (bicyclic) bond motifs is 4. The summed E-state index contributed by atoms with van der Waals surface area (Å²) in [5.74, 6) is -0.705. The highest BCUT2D eigenvalue weighted by molar-refractivity contribution is 6.30. The number of hydrogen-bond acceptors (Lipinski definition) is 6. The molecule has 0 spiro atoms. The molecule has 2 amide bonds. The third-order valence-corrected chi connectivity index (χ3v) is 8.32. The Morgan fingerprint density at radius 2 is 1.72 bits per heavy atom. The first-order valence-corrected chi connectivity index (χ1v) is 15.1. The van der Waals surface area contributed by atoms with Crippen LogP contribution in [-0.4, -0.2) is 35.5 Å². The Kier molecular flexibility index (Phi) is 9.50. The van der Waals surface area contributed by atoms with Crippen molar-refractivity contribution in [3.05, 3.63) is 79.9 Å². The molecular formula is C33H35ClN2O7. The Hall–Kier alpha value is -4.11.